The normalized spacial score (nSPS) is 25.6. The summed E-state index contributed by atoms with van der Waals surface area (Å²) in [6.07, 6.45) is 0.520. The zero-order valence-electron chi connectivity index (χ0n) is 12.6. The molecule has 5 nitrogen and oxygen atoms in total. The van der Waals surface area contributed by atoms with Gasteiger partial charge in [-0.3, -0.25) is 9.59 Å². The Bertz CT molecular complexity index is 575. The molecule has 2 atom stereocenters. The van der Waals surface area contributed by atoms with Crippen molar-refractivity contribution in [2.45, 2.75) is 19.4 Å². The van der Waals surface area contributed by atoms with Crippen molar-refractivity contribution in [3.8, 4) is 0 Å². The van der Waals surface area contributed by atoms with Crippen LogP contribution in [-0.2, 0) is 9.59 Å². The van der Waals surface area contributed by atoms with Crippen molar-refractivity contribution in [3.63, 3.8) is 0 Å². The largest absolute Gasteiger partial charge is 0.337 e. The standard InChI is InChI=1S/C16H20FN3O2/c1-11-10-18-7-9-19(11)15(21)14-6-8-20(16(14)22)13-4-2-12(17)3-5-13/h2-5,11,14,18H,6-10H2,1H3/t11-,14?/m0/s1. The molecule has 1 aromatic rings. The predicted molar refractivity (Wildman–Crippen MR) is 80.9 cm³/mol. The first-order valence-corrected chi connectivity index (χ1v) is 7.66. The molecule has 2 amide bonds. The molecule has 0 saturated carbocycles. The number of hydrogen-bond acceptors (Lipinski definition) is 3. The summed E-state index contributed by atoms with van der Waals surface area (Å²) in [5.74, 6) is -1.20. The Morgan fingerprint density at radius 1 is 1.27 bits per heavy atom. The Hall–Kier alpha value is -1.95. The maximum Gasteiger partial charge on any atom is 0.239 e. The van der Waals surface area contributed by atoms with Crippen molar-refractivity contribution in [2.24, 2.45) is 5.92 Å². The molecule has 22 heavy (non-hydrogen) atoms. The van der Waals surface area contributed by atoms with Gasteiger partial charge in [0.05, 0.1) is 0 Å². The molecule has 6 heteroatoms. The molecule has 0 aliphatic carbocycles. The van der Waals surface area contributed by atoms with Crippen LogP contribution < -0.4 is 10.2 Å². The third-order valence-corrected chi connectivity index (χ3v) is 4.43. The zero-order valence-corrected chi connectivity index (χ0v) is 12.6. The Kier molecular flexibility index (Phi) is 4.11. The van der Waals surface area contributed by atoms with Crippen molar-refractivity contribution in [1.82, 2.24) is 10.2 Å². The third kappa shape index (κ3) is 2.70. The van der Waals surface area contributed by atoms with E-state index in [1.807, 2.05) is 6.92 Å². The van der Waals surface area contributed by atoms with Gasteiger partial charge < -0.3 is 15.1 Å². The van der Waals surface area contributed by atoms with Crippen molar-refractivity contribution in [1.29, 1.82) is 0 Å². The summed E-state index contributed by atoms with van der Waals surface area (Å²) in [5.41, 5.74) is 0.648. The number of carbonyl (C=O) groups excluding carboxylic acids is 2. The van der Waals surface area contributed by atoms with Gasteiger partial charge in [-0.25, -0.2) is 4.39 Å². The molecule has 2 heterocycles. The number of amides is 2. The molecule has 2 saturated heterocycles. The summed E-state index contributed by atoms with van der Waals surface area (Å²) >= 11 is 0. The first-order valence-electron chi connectivity index (χ1n) is 7.66. The van der Waals surface area contributed by atoms with Crippen LogP contribution in [0.1, 0.15) is 13.3 Å². The quantitative estimate of drug-likeness (QED) is 0.829. The Morgan fingerprint density at radius 2 is 2.00 bits per heavy atom. The molecule has 118 valence electrons. The lowest BCUT2D eigenvalue weighted by molar-refractivity contribution is -0.142. The number of anilines is 1. The average molecular weight is 305 g/mol. The van der Waals surface area contributed by atoms with Crippen molar-refractivity contribution >= 4 is 17.5 Å². The van der Waals surface area contributed by atoms with Crippen molar-refractivity contribution in [3.05, 3.63) is 30.1 Å². The van der Waals surface area contributed by atoms with Crippen LogP contribution in [0.4, 0.5) is 10.1 Å². The minimum atomic E-state index is -0.606. The summed E-state index contributed by atoms with van der Waals surface area (Å²) in [5, 5.41) is 3.24. The second kappa shape index (κ2) is 6.04. The fourth-order valence-electron chi connectivity index (χ4n) is 3.16. The van der Waals surface area contributed by atoms with Crippen LogP contribution in [0.3, 0.4) is 0 Å². The van der Waals surface area contributed by atoms with Crippen LogP contribution in [0.25, 0.3) is 0 Å². The van der Waals surface area contributed by atoms with Gasteiger partial charge in [0.2, 0.25) is 11.8 Å². The van der Waals surface area contributed by atoms with E-state index < -0.39 is 5.92 Å². The van der Waals surface area contributed by atoms with Gasteiger partial charge in [-0.05, 0) is 37.6 Å². The summed E-state index contributed by atoms with van der Waals surface area (Å²) in [7, 11) is 0. The molecule has 0 spiro atoms. The van der Waals surface area contributed by atoms with Crippen molar-refractivity contribution < 1.29 is 14.0 Å². The van der Waals surface area contributed by atoms with E-state index in [0.717, 1.165) is 13.1 Å². The smallest absolute Gasteiger partial charge is 0.239 e. The predicted octanol–water partition coefficient (Wildman–Crippen LogP) is 0.999. The Labute approximate surface area is 129 Å². The number of rotatable bonds is 2. The number of nitrogens with zero attached hydrogens (tertiary/aromatic N) is 2. The number of nitrogens with one attached hydrogen (secondary N) is 1. The molecule has 1 aromatic carbocycles. The molecule has 3 rings (SSSR count). The van der Waals surface area contributed by atoms with Gasteiger partial charge in [0.15, 0.2) is 0 Å². The minimum Gasteiger partial charge on any atom is -0.337 e. The lowest BCUT2D eigenvalue weighted by Crippen LogP contribution is -2.54. The van der Waals surface area contributed by atoms with E-state index in [1.54, 1.807) is 21.9 Å². The third-order valence-electron chi connectivity index (χ3n) is 4.43. The van der Waals surface area contributed by atoms with Gasteiger partial charge in [0.25, 0.3) is 0 Å². The summed E-state index contributed by atoms with van der Waals surface area (Å²) < 4.78 is 13.0. The number of benzene rings is 1. The van der Waals surface area contributed by atoms with E-state index in [4.69, 9.17) is 0 Å². The van der Waals surface area contributed by atoms with E-state index in [2.05, 4.69) is 5.32 Å². The van der Waals surface area contributed by atoms with Crippen LogP contribution in [0.15, 0.2) is 24.3 Å². The lowest BCUT2D eigenvalue weighted by atomic mass is 10.0. The molecular formula is C16H20FN3O2. The molecule has 0 radical (unpaired) electrons. The first-order chi connectivity index (χ1) is 10.6. The topological polar surface area (TPSA) is 52.7 Å². The SMILES string of the molecule is C[C@H]1CNCCN1C(=O)C1CCN(c2ccc(F)cc2)C1=O. The second-order valence-corrected chi connectivity index (χ2v) is 5.89. The van der Waals surface area contributed by atoms with Crippen molar-refractivity contribution in [2.75, 3.05) is 31.1 Å². The molecule has 2 aliphatic heterocycles. The van der Waals surface area contributed by atoms with E-state index in [0.29, 0.717) is 25.2 Å². The fourth-order valence-corrected chi connectivity index (χ4v) is 3.16. The highest BCUT2D eigenvalue weighted by Gasteiger charge is 2.41. The second-order valence-electron chi connectivity index (χ2n) is 5.89. The first kappa shape index (κ1) is 15.0. The van der Waals surface area contributed by atoms with Gasteiger partial charge in [0, 0.05) is 37.9 Å². The molecular weight excluding hydrogens is 285 g/mol. The maximum atomic E-state index is 13.0. The molecule has 0 bridgehead atoms. The molecule has 1 N–H and O–H groups in total. The molecule has 2 aliphatic rings. The minimum absolute atomic E-state index is 0.0800. The van der Waals surface area contributed by atoms with Crippen LogP contribution in [0, 0.1) is 11.7 Å². The molecule has 1 unspecified atom stereocenters. The number of halogens is 1. The number of piperazine rings is 1. The average Bonchev–Trinajstić information content (AvgIpc) is 2.90. The van der Waals surface area contributed by atoms with Crippen LogP contribution in [0.5, 0.6) is 0 Å². The lowest BCUT2D eigenvalue weighted by Gasteiger charge is -2.35. The van der Waals surface area contributed by atoms with E-state index >= 15 is 0 Å². The van der Waals surface area contributed by atoms with Gasteiger partial charge >= 0.3 is 0 Å². The monoisotopic (exact) mass is 305 g/mol. The zero-order chi connectivity index (χ0) is 15.7. The number of hydrogen-bond donors (Lipinski definition) is 1. The fraction of sp³-hybridized carbons (Fsp3) is 0.500. The maximum absolute atomic E-state index is 13.0. The molecule has 0 aromatic heterocycles. The highest BCUT2D eigenvalue weighted by molar-refractivity contribution is 6.09. The van der Waals surface area contributed by atoms with Gasteiger partial charge in [-0.2, -0.15) is 0 Å². The summed E-state index contributed by atoms with van der Waals surface area (Å²) in [6, 6.07) is 5.92. The van der Waals surface area contributed by atoms with Crippen LogP contribution in [0.2, 0.25) is 0 Å². The van der Waals surface area contributed by atoms with Crippen LogP contribution >= 0.6 is 0 Å². The Balaban J connectivity index is 1.73. The highest BCUT2D eigenvalue weighted by Crippen LogP contribution is 2.27. The molecule has 2 fully saturated rings. The van der Waals surface area contributed by atoms with Gasteiger partial charge in [0.1, 0.15) is 11.7 Å². The summed E-state index contributed by atoms with van der Waals surface area (Å²) in [4.78, 5) is 28.6. The highest BCUT2D eigenvalue weighted by atomic mass is 19.1. The van der Waals surface area contributed by atoms with Crippen LogP contribution in [-0.4, -0.2) is 48.9 Å². The van der Waals surface area contributed by atoms with Gasteiger partial charge in [-0.15, -0.1) is 0 Å². The summed E-state index contributed by atoms with van der Waals surface area (Å²) in [6.45, 7) is 4.65. The number of carbonyl (C=O) groups is 2. The van der Waals surface area contributed by atoms with Gasteiger partial charge in [-0.1, -0.05) is 0 Å². The van der Waals surface area contributed by atoms with E-state index in [9.17, 15) is 14.0 Å². The Morgan fingerprint density at radius 3 is 2.68 bits per heavy atom. The van der Waals surface area contributed by atoms with E-state index in [-0.39, 0.29) is 23.7 Å². The van der Waals surface area contributed by atoms with E-state index in [1.165, 1.54) is 12.1 Å².